The van der Waals surface area contributed by atoms with E-state index in [2.05, 4.69) is 4.90 Å². The number of aryl methyl sites for hydroxylation is 1. The molecule has 0 aliphatic carbocycles. The highest BCUT2D eigenvalue weighted by Gasteiger charge is 2.40. The summed E-state index contributed by atoms with van der Waals surface area (Å²) < 4.78 is 39.3. The third-order valence-electron chi connectivity index (χ3n) is 6.71. The molecule has 2 heterocycles. The monoisotopic (exact) mass is 492 g/mol. The number of carbonyl (C=O) groups excluding carboxylic acids is 1. The average Bonchev–Trinajstić information content (AvgIpc) is 2.82. The third-order valence-corrected chi connectivity index (χ3v) is 7.14. The molecule has 2 fully saturated rings. The van der Waals surface area contributed by atoms with Gasteiger partial charge in [-0.05, 0) is 56.1 Å². The van der Waals surface area contributed by atoms with Crippen LogP contribution in [-0.4, -0.2) is 61.7 Å². The number of rotatable bonds is 7. The number of nitrogens with zero attached hydrogens (tertiary/aromatic N) is 2. The van der Waals surface area contributed by atoms with Crippen LogP contribution in [0.2, 0.25) is 5.02 Å². The van der Waals surface area contributed by atoms with Gasteiger partial charge in [-0.25, -0.2) is 8.78 Å². The molecule has 4 rings (SSSR count). The first-order valence-electron chi connectivity index (χ1n) is 11.7. The van der Waals surface area contributed by atoms with Crippen LogP contribution in [0.1, 0.15) is 30.4 Å². The molecule has 2 aliphatic heterocycles. The van der Waals surface area contributed by atoms with Gasteiger partial charge in [0.2, 0.25) is 5.91 Å². The summed E-state index contributed by atoms with van der Waals surface area (Å²) in [5, 5.41) is 0.676. The Labute approximate surface area is 204 Å². The fourth-order valence-corrected chi connectivity index (χ4v) is 4.96. The molecule has 0 bridgehead atoms. The Kier molecular flexibility index (Phi) is 8.06. The molecule has 2 saturated heterocycles. The van der Waals surface area contributed by atoms with Crippen LogP contribution >= 0.6 is 11.6 Å². The molecule has 2 aromatic carbocycles. The molecule has 184 valence electrons. The maximum atomic E-state index is 14.3. The van der Waals surface area contributed by atoms with E-state index < -0.39 is 17.0 Å². The maximum absolute atomic E-state index is 14.3. The van der Waals surface area contributed by atoms with Crippen molar-refractivity contribution in [2.75, 3.05) is 46.0 Å². The number of benzene rings is 2. The van der Waals surface area contributed by atoms with Crippen molar-refractivity contribution in [3.63, 3.8) is 0 Å². The first-order valence-corrected chi connectivity index (χ1v) is 12.1. The van der Waals surface area contributed by atoms with Gasteiger partial charge in [0, 0.05) is 54.7 Å². The van der Waals surface area contributed by atoms with Crippen molar-refractivity contribution in [3.8, 4) is 5.75 Å². The van der Waals surface area contributed by atoms with Crippen LogP contribution < -0.4 is 4.74 Å². The van der Waals surface area contributed by atoms with Gasteiger partial charge < -0.3 is 14.4 Å². The Balaban J connectivity index is 1.51. The quantitative estimate of drug-likeness (QED) is 0.555. The maximum Gasteiger partial charge on any atom is 0.223 e. The molecule has 0 N–H and O–H groups in total. The minimum Gasteiger partial charge on any atom is -0.493 e. The van der Waals surface area contributed by atoms with Crippen LogP contribution in [0.4, 0.5) is 8.78 Å². The Hall–Kier alpha value is -2.22. The van der Waals surface area contributed by atoms with E-state index in [1.807, 2.05) is 30.0 Å². The molecule has 2 aliphatic rings. The van der Waals surface area contributed by atoms with Gasteiger partial charge in [-0.2, -0.15) is 0 Å². The standard InChI is InChI=1S/C26H31ClF2N2O3/c1-19-13-22(5-6-23(19)27)34-18-26(15-25(32)31-9-11-33-12-10-31)7-2-8-30(17-26)16-20-3-4-21(28)14-24(20)29/h3-6,13-14H,2,7-12,15-18H2,1H3. The van der Waals surface area contributed by atoms with Gasteiger partial charge in [0.15, 0.2) is 0 Å². The molecule has 5 nitrogen and oxygen atoms in total. The molecule has 0 spiro atoms. The predicted molar refractivity (Wildman–Crippen MR) is 127 cm³/mol. The van der Waals surface area contributed by atoms with E-state index in [1.54, 1.807) is 0 Å². The molecule has 0 saturated carbocycles. The molecule has 1 atom stereocenters. The fourth-order valence-electron chi connectivity index (χ4n) is 4.84. The van der Waals surface area contributed by atoms with Crippen LogP contribution in [0.5, 0.6) is 5.75 Å². The number of morpholine rings is 1. The number of likely N-dealkylation sites (tertiary alicyclic amines) is 1. The second kappa shape index (κ2) is 11.0. The molecule has 1 amide bonds. The lowest BCUT2D eigenvalue weighted by Gasteiger charge is -2.43. The van der Waals surface area contributed by atoms with Crippen LogP contribution in [0, 0.1) is 24.0 Å². The smallest absolute Gasteiger partial charge is 0.223 e. The van der Waals surface area contributed by atoms with E-state index >= 15 is 0 Å². The van der Waals surface area contributed by atoms with E-state index in [0.29, 0.717) is 68.8 Å². The van der Waals surface area contributed by atoms with Gasteiger partial charge in [-0.1, -0.05) is 17.7 Å². The fraction of sp³-hybridized carbons (Fsp3) is 0.500. The highest BCUT2D eigenvalue weighted by Crippen LogP contribution is 2.36. The second-order valence-corrected chi connectivity index (χ2v) is 9.83. The number of piperidine rings is 1. The zero-order chi connectivity index (χ0) is 24.1. The zero-order valence-corrected chi connectivity index (χ0v) is 20.3. The Morgan fingerprint density at radius 1 is 1.15 bits per heavy atom. The molecule has 0 radical (unpaired) electrons. The van der Waals surface area contributed by atoms with Crippen molar-refractivity contribution in [2.45, 2.75) is 32.7 Å². The predicted octanol–water partition coefficient (Wildman–Crippen LogP) is 4.84. The Bertz CT molecular complexity index is 1020. The second-order valence-electron chi connectivity index (χ2n) is 9.42. The summed E-state index contributed by atoms with van der Waals surface area (Å²) in [7, 11) is 0. The third kappa shape index (κ3) is 6.26. The summed E-state index contributed by atoms with van der Waals surface area (Å²) in [6.07, 6.45) is 2.04. The summed E-state index contributed by atoms with van der Waals surface area (Å²) >= 11 is 6.15. The number of hydrogen-bond donors (Lipinski definition) is 0. The van der Waals surface area contributed by atoms with Crippen molar-refractivity contribution in [2.24, 2.45) is 5.41 Å². The first-order chi connectivity index (χ1) is 16.3. The zero-order valence-electron chi connectivity index (χ0n) is 19.5. The van der Waals surface area contributed by atoms with Crippen molar-refractivity contribution in [1.82, 2.24) is 9.80 Å². The lowest BCUT2D eigenvalue weighted by Crippen LogP contribution is -2.50. The summed E-state index contributed by atoms with van der Waals surface area (Å²) in [5.41, 5.74) is 0.957. The molecule has 0 aromatic heterocycles. The number of halogens is 3. The van der Waals surface area contributed by atoms with Crippen LogP contribution in [0.25, 0.3) is 0 Å². The van der Waals surface area contributed by atoms with Crippen molar-refractivity contribution >= 4 is 17.5 Å². The van der Waals surface area contributed by atoms with Gasteiger partial charge in [-0.3, -0.25) is 9.69 Å². The highest BCUT2D eigenvalue weighted by atomic mass is 35.5. The molecule has 34 heavy (non-hydrogen) atoms. The molecule has 2 aromatic rings. The minimum atomic E-state index is -0.586. The van der Waals surface area contributed by atoms with E-state index in [9.17, 15) is 13.6 Å². The van der Waals surface area contributed by atoms with E-state index in [4.69, 9.17) is 21.1 Å². The SMILES string of the molecule is Cc1cc(OCC2(CC(=O)N3CCOCC3)CCCN(Cc3ccc(F)cc3F)C2)ccc1Cl. The molecular formula is C26H31ClF2N2O3. The summed E-state index contributed by atoms with van der Waals surface area (Å²) in [6.45, 7) is 6.31. The summed E-state index contributed by atoms with van der Waals surface area (Å²) in [5.74, 6) is -0.332. The minimum absolute atomic E-state index is 0.0917. The number of ether oxygens (including phenoxy) is 2. The van der Waals surface area contributed by atoms with Gasteiger partial charge in [-0.15, -0.1) is 0 Å². The Morgan fingerprint density at radius 2 is 1.94 bits per heavy atom. The largest absolute Gasteiger partial charge is 0.493 e. The topological polar surface area (TPSA) is 42.0 Å². The van der Waals surface area contributed by atoms with Gasteiger partial charge in [0.1, 0.15) is 17.4 Å². The normalized spacial score (nSPS) is 21.5. The van der Waals surface area contributed by atoms with Crippen molar-refractivity contribution in [1.29, 1.82) is 0 Å². The van der Waals surface area contributed by atoms with Crippen molar-refractivity contribution in [3.05, 3.63) is 64.2 Å². The molecule has 8 heteroatoms. The highest BCUT2D eigenvalue weighted by molar-refractivity contribution is 6.31. The lowest BCUT2D eigenvalue weighted by atomic mass is 9.77. The average molecular weight is 493 g/mol. The van der Waals surface area contributed by atoms with Crippen LogP contribution in [0.3, 0.4) is 0 Å². The van der Waals surface area contributed by atoms with Gasteiger partial charge in [0.05, 0.1) is 19.8 Å². The van der Waals surface area contributed by atoms with E-state index in [0.717, 1.165) is 31.0 Å². The number of amides is 1. The molecular weight excluding hydrogens is 462 g/mol. The van der Waals surface area contributed by atoms with Crippen LogP contribution in [0.15, 0.2) is 36.4 Å². The van der Waals surface area contributed by atoms with Crippen LogP contribution in [-0.2, 0) is 16.1 Å². The Morgan fingerprint density at radius 3 is 2.68 bits per heavy atom. The summed E-state index contributed by atoms with van der Waals surface area (Å²) in [6, 6.07) is 9.23. The number of hydrogen-bond acceptors (Lipinski definition) is 4. The lowest BCUT2D eigenvalue weighted by molar-refractivity contribution is -0.139. The summed E-state index contributed by atoms with van der Waals surface area (Å²) in [4.78, 5) is 17.2. The van der Waals surface area contributed by atoms with Gasteiger partial charge >= 0.3 is 0 Å². The molecule has 1 unspecified atom stereocenters. The van der Waals surface area contributed by atoms with E-state index in [-0.39, 0.29) is 5.91 Å². The van der Waals surface area contributed by atoms with E-state index in [1.165, 1.54) is 12.1 Å². The van der Waals surface area contributed by atoms with Gasteiger partial charge in [0.25, 0.3) is 0 Å². The number of carbonyl (C=O) groups is 1. The first kappa shape index (κ1) is 24.9. The van der Waals surface area contributed by atoms with Crippen molar-refractivity contribution < 1.29 is 23.0 Å².